The molecule has 0 rings (SSSR count). The largest absolute Gasteiger partial charge is 0.480 e. The van der Waals surface area contributed by atoms with Gasteiger partial charge in [-0.3, -0.25) is 14.4 Å². The smallest absolute Gasteiger partial charge is 0.322 e. The summed E-state index contributed by atoms with van der Waals surface area (Å²) in [6.07, 6.45) is 62.6. The van der Waals surface area contributed by atoms with E-state index in [1.54, 1.807) is 0 Å². The molecule has 6 heteroatoms. The summed E-state index contributed by atoms with van der Waals surface area (Å²) in [5, 5.41) is 11.1. The monoisotopic (exact) mass is 826 g/mol. The maximum Gasteiger partial charge on any atom is 0.322 e. The Morgan fingerprint density at radius 2 is 0.831 bits per heavy atom. The lowest BCUT2D eigenvalue weighted by Gasteiger charge is -2.18. The van der Waals surface area contributed by atoms with E-state index in [0.29, 0.717) is 12.8 Å². The average molecular weight is 826 g/mol. The lowest BCUT2D eigenvalue weighted by atomic mass is 10.0. The standard InChI is InChI=1S/C53H95NO5/c1-3-5-7-9-11-13-15-17-19-20-21-22-23-24-25-27-29-31-33-35-40-44-48-53(58)59-50(46-42-38-36-39-43-47-51(55)54-49-52(56)57)45-41-37-34-32-30-28-26-18-16-14-12-10-8-6-4-2/h6,8,12,14,18,26,30,32,50H,3-5,7,9-11,13,15-17,19-25,27-29,31,33-49H2,1-2H3,(H,54,55)(H,56,57)/b8-6-,14-12-,26-18-,32-30-. The second-order valence-electron chi connectivity index (χ2n) is 17.0. The first-order valence-electron chi connectivity index (χ1n) is 25.3. The highest BCUT2D eigenvalue weighted by molar-refractivity contribution is 5.80. The van der Waals surface area contributed by atoms with Crippen molar-refractivity contribution in [1.82, 2.24) is 5.32 Å². The van der Waals surface area contributed by atoms with E-state index in [-0.39, 0.29) is 24.5 Å². The minimum atomic E-state index is -1.02. The van der Waals surface area contributed by atoms with Crippen LogP contribution in [-0.2, 0) is 19.1 Å². The second kappa shape index (κ2) is 48.0. The molecule has 0 heterocycles. The molecule has 0 fully saturated rings. The number of carboxylic acid groups (broad SMARTS) is 1. The molecule has 0 aromatic rings. The van der Waals surface area contributed by atoms with Crippen LogP contribution in [0.5, 0.6) is 0 Å². The van der Waals surface area contributed by atoms with E-state index >= 15 is 0 Å². The fourth-order valence-electron chi connectivity index (χ4n) is 7.57. The van der Waals surface area contributed by atoms with E-state index < -0.39 is 5.97 Å². The highest BCUT2D eigenvalue weighted by Gasteiger charge is 2.14. The number of rotatable bonds is 46. The summed E-state index contributed by atoms with van der Waals surface area (Å²) < 4.78 is 6.05. The zero-order chi connectivity index (χ0) is 43.0. The third-order valence-corrected chi connectivity index (χ3v) is 11.3. The Morgan fingerprint density at radius 1 is 0.458 bits per heavy atom. The number of carbonyl (C=O) groups is 3. The molecular formula is C53H95NO5. The molecule has 1 amide bonds. The van der Waals surface area contributed by atoms with Crippen LogP contribution in [-0.4, -0.2) is 35.6 Å². The van der Waals surface area contributed by atoms with Crippen molar-refractivity contribution in [3.05, 3.63) is 48.6 Å². The summed E-state index contributed by atoms with van der Waals surface area (Å²) in [5.74, 6) is -1.25. The highest BCUT2D eigenvalue weighted by Crippen LogP contribution is 2.19. The highest BCUT2D eigenvalue weighted by atomic mass is 16.5. The van der Waals surface area contributed by atoms with E-state index in [9.17, 15) is 14.4 Å². The van der Waals surface area contributed by atoms with Crippen LogP contribution in [0.1, 0.15) is 258 Å². The summed E-state index contributed by atoms with van der Waals surface area (Å²) >= 11 is 0. The van der Waals surface area contributed by atoms with Gasteiger partial charge in [0.05, 0.1) is 0 Å². The number of carboxylic acids is 1. The van der Waals surface area contributed by atoms with Gasteiger partial charge in [0.1, 0.15) is 12.6 Å². The van der Waals surface area contributed by atoms with Crippen LogP contribution in [0.15, 0.2) is 48.6 Å². The van der Waals surface area contributed by atoms with Crippen LogP contribution in [0.4, 0.5) is 0 Å². The fourth-order valence-corrected chi connectivity index (χ4v) is 7.57. The summed E-state index contributed by atoms with van der Waals surface area (Å²) in [6, 6.07) is 0. The molecule has 0 radical (unpaired) electrons. The molecule has 342 valence electrons. The van der Waals surface area contributed by atoms with Gasteiger partial charge in [0.2, 0.25) is 5.91 Å². The average Bonchev–Trinajstić information content (AvgIpc) is 3.22. The molecule has 0 saturated carbocycles. The Balaban J connectivity index is 4.11. The number of unbranched alkanes of at least 4 members (excludes halogenated alkanes) is 27. The normalized spacial score (nSPS) is 12.4. The topological polar surface area (TPSA) is 92.7 Å². The van der Waals surface area contributed by atoms with Gasteiger partial charge in [0.15, 0.2) is 0 Å². The maximum atomic E-state index is 12.8. The number of allylic oxidation sites excluding steroid dienone is 8. The van der Waals surface area contributed by atoms with Crippen LogP contribution < -0.4 is 5.32 Å². The lowest BCUT2D eigenvalue weighted by Crippen LogP contribution is -2.28. The van der Waals surface area contributed by atoms with Crippen molar-refractivity contribution >= 4 is 17.8 Å². The zero-order valence-corrected chi connectivity index (χ0v) is 38.9. The minimum Gasteiger partial charge on any atom is -0.480 e. The van der Waals surface area contributed by atoms with Crippen LogP contribution in [0, 0.1) is 0 Å². The first-order valence-corrected chi connectivity index (χ1v) is 25.3. The van der Waals surface area contributed by atoms with Gasteiger partial charge in [-0.15, -0.1) is 0 Å². The van der Waals surface area contributed by atoms with Crippen LogP contribution >= 0.6 is 0 Å². The Morgan fingerprint density at radius 3 is 1.27 bits per heavy atom. The SMILES string of the molecule is CC/C=C\C/C=C\C/C=C\C/C=C\CCCCC(CCCCCCCC(=O)NCC(=O)O)OC(=O)CCCCCCCCCCCCCCCCCCCCCCCC. The van der Waals surface area contributed by atoms with Gasteiger partial charge in [0.25, 0.3) is 0 Å². The number of ether oxygens (including phenoxy) is 1. The van der Waals surface area contributed by atoms with Crippen molar-refractivity contribution in [2.75, 3.05) is 6.54 Å². The minimum absolute atomic E-state index is 0.0126. The molecule has 0 aliphatic rings. The third-order valence-electron chi connectivity index (χ3n) is 11.3. The maximum absolute atomic E-state index is 12.8. The predicted octanol–water partition coefficient (Wildman–Crippen LogP) is 16.2. The van der Waals surface area contributed by atoms with E-state index in [4.69, 9.17) is 9.84 Å². The first kappa shape index (κ1) is 56.4. The number of nitrogens with one attached hydrogen (secondary N) is 1. The van der Waals surface area contributed by atoms with E-state index in [0.717, 1.165) is 103 Å². The molecule has 2 N–H and O–H groups in total. The van der Waals surface area contributed by atoms with Gasteiger partial charge in [0, 0.05) is 12.8 Å². The number of esters is 1. The fraction of sp³-hybridized carbons (Fsp3) is 0.792. The van der Waals surface area contributed by atoms with E-state index in [1.807, 2.05) is 0 Å². The summed E-state index contributed by atoms with van der Waals surface area (Å²) in [6.45, 7) is 4.13. The van der Waals surface area contributed by atoms with Crippen molar-refractivity contribution in [2.45, 2.75) is 264 Å². The predicted molar refractivity (Wildman–Crippen MR) is 254 cm³/mol. The Labute approximate surface area is 365 Å². The number of aliphatic carboxylic acids is 1. The molecule has 6 nitrogen and oxygen atoms in total. The molecule has 1 unspecified atom stereocenters. The Hall–Kier alpha value is -2.63. The van der Waals surface area contributed by atoms with Crippen molar-refractivity contribution in [1.29, 1.82) is 0 Å². The quantitative estimate of drug-likeness (QED) is 0.0362. The third kappa shape index (κ3) is 47.9. The number of amides is 1. The Bertz CT molecular complexity index is 1050. The molecule has 0 saturated heterocycles. The van der Waals surface area contributed by atoms with Gasteiger partial charge in [-0.1, -0.05) is 217 Å². The molecule has 59 heavy (non-hydrogen) atoms. The molecule has 0 aromatic carbocycles. The summed E-state index contributed by atoms with van der Waals surface area (Å²) in [5.41, 5.74) is 0. The van der Waals surface area contributed by atoms with E-state index in [2.05, 4.69) is 67.8 Å². The molecule has 0 spiro atoms. The first-order chi connectivity index (χ1) is 29.0. The van der Waals surface area contributed by atoms with E-state index in [1.165, 1.54) is 128 Å². The number of hydrogen-bond donors (Lipinski definition) is 2. The number of carbonyl (C=O) groups excluding carboxylic acids is 2. The van der Waals surface area contributed by atoms with Crippen LogP contribution in [0.25, 0.3) is 0 Å². The van der Waals surface area contributed by atoms with Gasteiger partial charge >= 0.3 is 11.9 Å². The summed E-state index contributed by atoms with van der Waals surface area (Å²) in [7, 11) is 0. The van der Waals surface area contributed by atoms with Crippen molar-refractivity contribution < 1.29 is 24.2 Å². The molecule has 0 aliphatic carbocycles. The molecular weight excluding hydrogens is 731 g/mol. The van der Waals surface area contributed by atoms with Crippen molar-refractivity contribution in [3.63, 3.8) is 0 Å². The van der Waals surface area contributed by atoms with Crippen LogP contribution in [0.3, 0.4) is 0 Å². The molecule has 0 aliphatic heterocycles. The van der Waals surface area contributed by atoms with Crippen molar-refractivity contribution in [2.24, 2.45) is 0 Å². The van der Waals surface area contributed by atoms with Gasteiger partial charge in [-0.2, -0.15) is 0 Å². The van der Waals surface area contributed by atoms with Gasteiger partial charge in [-0.25, -0.2) is 0 Å². The molecule has 0 aromatic heterocycles. The summed E-state index contributed by atoms with van der Waals surface area (Å²) in [4.78, 5) is 35.2. The number of hydrogen-bond acceptors (Lipinski definition) is 4. The zero-order valence-electron chi connectivity index (χ0n) is 38.9. The van der Waals surface area contributed by atoms with Crippen molar-refractivity contribution in [3.8, 4) is 0 Å². The second-order valence-corrected chi connectivity index (χ2v) is 17.0. The molecule has 1 atom stereocenters. The lowest BCUT2D eigenvalue weighted by molar-refractivity contribution is -0.150. The van der Waals surface area contributed by atoms with Gasteiger partial charge in [-0.05, 0) is 77.0 Å². The molecule has 0 bridgehead atoms. The van der Waals surface area contributed by atoms with Gasteiger partial charge < -0.3 is 15.2 Å². The Kier molecular flexibility index (Phi) is 45.9. The van der Waals surface area contributed by atoms with Crippen LogP contribution in [0.2, 0.25) is 0 Å².